The van der Waals surface area contributed by atoms with E-state index in [-0.39, 0.29) is 0 Å². The summed E-state index contributed by atoms with van der Waals surface area (Å²) >= 11 is 0. The number of aryl methyl sites for hydroxylation is 1. The van der Waals surface area contributed by atoms with Crippen molar-refractivity contribution < 1.29 is 24.2 Å². The van der Waals surface area contributed by atoms with Crippen LogP contribution >= 0.6 is 0 Å². The SMILES string of the molecule is COc1ccc(/C=C/C[C@H](C(=O)OC(C)(C)C)[C@@H](CCCCCc2ccccc2)C(=O)O)cc1. The Hall–Kier alpha value is -3.08. The Balaban J connectivity index is 2.02. The van der Waals surface area contributed by atoms with Crippen molar-refractivity contribution in [2.45, 2.75) is 64.9 Å². The first kappa shape index (κ1) is 27.2. The molecule has 0 unspecified atom stereocenters. The van der Waals surface area contributed by atoms with Crippen molar-refractivity contribution in [3.05, 3.63) is 71.8 Å². The molecule has 0 bridgehead atoms. The standard InChI is InChI=1S/C29H38O5/c1-29(2,3)34-28(32)26(17-11-15-23-18-20-24(33-4)21-19-23)25(27(30)31)16-10-6-9-14-22-12-7-5-8-13-22/h5,7-8,11-13,15,18-21,25-26H,6,9-10,14,16-17H2,1-4H3,(H,30,31)/b15-11+/t25-,26+/m1/s1. The highest BCUT2D eigenvalue weighted by Crippen LogP contribution is 2.27. The number of benzene rings is 2. The molecule has 2 aromatic carbocycles. The zero-order valence-corrected chi connectivity index (χ0v) is 20.8. The maximum atomic E-state index is 13.0. The van der Waals surface area contributed by atoms with Gasteiger partial charge in [-0.15, -0.1) is 0 Å². The first-order valence-electron chi connectivity index (χ1n) is 12.0. The molecule has 0 spiro atoms. The third-order valence-electron chi connectivity index (χ3n) is 5.65. The van der Waals surface area contributed by atoms with Crippen LogP contribution in [-0.4, -0.2) is 29.8 Å². The molecule has 2 aromatic rings. The van der Waals surface area contributed by atoms with Crippen LogP contribution in [0.1, 0.15) is 64.0 Å². The number of ether oxygens (including phenoxy) is 2. The van der Waals surface area contributed by atoms with E-state index in [1.165, 1.54) is 5.56 Å². The summed E-state index contributed by atoms with van der Waals surface area (Å²) in [4.78, 5) is 25.1. The van der Waals surface area contributed by atoms with Gasteiger partial charge in [0.1, 0.15) is 11.4 Å². The molecule has 1 N–H and O–H groups in total. The van der Waals surface area contributed by atoms with E-state index in [0.717, 1.165) is 37.0 Å². The maximum Gasteiger partial charge on any atom is 0.310 e. The largest absolute Gasteiger partial charge is 0.497 e. The quantitative estimate of drug-likeness (QED) is 0.267. The minimum Gasteiger partial charge on any atom is -0.497 e. The van der Waals surface area contributed by atoms with Gasteiger partial charge in [0, 0.05) is 0 Å². The summed E-state index contributed by atoms with van der Waals surface area (Å²) in [5, 5.41) is 9.95. The van der Waals surface area contributed by atoms with Crippen LogP contribution in [0.2, 0.25) is 0 Å². The van der Waals surface area contributed by atoms with E-state index in [2.05, 4.69) is 12.1 Å². The molecule has 0 saturated carbocycles. The fourth-order valence-corrected chi connectivity index (χ4v) is 3.88. The average molecular weight is 467 g/mol. The summed E-state index contributed by atoms with van der Waals surface area (Å²) in [7, 11) is 1.62. The van der Waals surface area contributed by atoms with E-state index in [9.17, 15) is 14.7 Å². The average Bonchev–Trinajstić information content (AvgIpc) is 2.79. The predicted molar refractivity (Wildman–Crippen MR) is 136 cm³/mol. The number of unbranched alkanes of at least 4 members (excludes halogenated alkanes) is 2. The normalized spacial score (nSPS) is 13.4. The van der Waals surface area contributed by atoms with Gasteiger partial charge in [0.25, 0.3) is 0 Å². The lowest BCUT2D eigenvalue weighted by Crippen LogP contribution is -2.35. The summed E-state index contributed by atoms with van der Waals surface area (Å²) in [5.74, 6) is -2.16. The minimum atomic E-state index is -0.947. The Morgan fingerprint density at radius 1 is 0.941 bits per heavy atom. The molecular formula is C29H38O5. The molecule has 2 rings (SSSR count). The molecule has 0 aliphatic heterocycles. The molecule has 0 aromatic heterocycles. The fourth-order valence-electron chi connectivity index (χ4n) is 3.88. The van der Waals surface area contributed by atoms with Gasteiger partial charge in [0.2, 0.25) is 0 Å². The van der Waals surface area contributed by atoms with Crippen LogP contribution in [0.4, 0.5) is 0 Å². The molecule has 0 aliphatic rings. The number of methoxy groups -OCH3 is 1. The van der Waals surface area contributed by atoms with Gasteiger partial charge in [-0.2, -0.15) is 0 Å². The van der Waals surface area contributed by atoms with Gasteiger partial charge in [-0.25, -0.2) is 0 Å². The number of hydrogen-bond donors (Lipinski definition) is 1. The number of aliphatic carboxylic acids is 1. The van der Waals surface area contributed by atoms with Crippen molar-refractivity contribution >= 4 is 18.0 Å². The molecular weight excluding hydrogens is 428 g/mol. The van der Waals surface area contributed by atoms with E-state index >= 15 is 0 Å². The molecule has 0 amide bonds. The van der Waals surface area contributed by atoms with Crippen LogP contribution in [0.15, 0.2) is 60.7 Å². The van der Waals surface area contributed by atoms with Crippen LogP contribution < -0.4 is 4.74 Å². The number of hydrogen-bond acceptors (Lipinski definition) is 4. The van der Waals surface area contributed by atoms with Gasteiger partial charge in [0.15, 0.2) is 0 Å². The highest BCUT2D eigenvalue weighted by atomic mass is 16.6. The van der Waals surface area contributed by atoms with E-state index < -0.39 is 29.4 Å². The Bertz CT molecular complexity index is 910. The van der Waals surface area contributed by atoms with Crippen LogP contribution in [0.25, 0.3) is 6.08 Å². The minimum absolute atomic E-state index is 0.307. The maximum absolute atomic E-state index is 13.0. The molecule has 5 nitrogen and oxygen atoms in total. The molecule has 184 valence electrons. The second-order valence-electron chi connectivity index (χ2n) is 9.58. The predicted octanol–water partition coefficient (Wildman–Crippen LogP) is 6.56. The summed E-state index contributed by atoms with van der Waals surface area (Å²) in [6, 6.07) is 17.8. The molecule has 0 saturated heterocycles. The van der Waals surface area contributed by atoms with Gasteiger partial charge in [0.05, 0.1) is 18.9 Å². The second-order valence-corrected chi connectivity index (χ2v) is 9.58. The van der Waals surface area contributed by atoms with Crippen molar-refractivity contribution in [2.24, 2.45) is 11.8 Å². The van der Waals surface area contributed by atoms with Crippen molar-refractivity contribution in [2.75, 3.05) is 7.11 Å². The number of carboxylic acid groups (broad SMARTS) is 1. The smallest absolute Gasteiger partial charge is 0.310 e. The van der Waals surface area contributed by atoms with Crippen LogP contribution in [-0.2, 0) is 20.7 Å². The van der Waals surface area contributed by atoms with Gasteiger partial charge < -0.3 is 14.6 Å². The summed E-state index contributed by atoms with van der Waals surface area (Å²) in [5.41, 5.74) is 1.57. The van der Waals surface area contributed by atoms with Gasteiger partial charge in [-0.3, -0.25) is 9.59 Å². The topological polar surface area (TPSA) is 72.8 Å². The zero-order chi connectivity index (χ0) is 25.0. The Labute approximate surface area is 203 Å². The molecule has 2 atom stereocenters. The van der Waals surface area contributed by atoms with E-state index in [1.54, 1.807) is 27.9 Å². The Kier molecular flexibility index (Phi) is 10.9. The summed E-state index contributed by atoms with van der Waals surface area (Å²) in [6.45, 7) is 5.40. The van der Waals surface area contributed by atoms with Crippen LogP contribution in [0.5, 0.6) is 5.75 Å². The fraction of sp³-hybridized carbons (Fsp3) is 0.448. The Morgan fingerprint density at radius 2 is 1.62 bits per heavy atom. The Morgan fingerprint density at radius 3 is 2.21 bits per heavy atom. The lowest BCUT2D eigenvalue weighted by Gasteiger charge is -2.27. The molecule has 0 heterocycles. The van der Waals surface area contributed by atoms with E-state index in [4.69, 9.17) is 9.47 Å². The highest BCUT2D eigenvalue weighted by Gasteiger charge is 2.35. The third kappa shape index (κ3) is 9.82. The number of rotatable bonds is 13. The zero-order valence-electron chi connectivity index (χ0n) is 20.8. The molecule has 0 aliphatic carbocycles. The number of carboxylic acids is 1. The molecule has 0 radical (unpaired) electrons. The van der Waals surface area contributed by atoms with Gasteiger partial charge in [-0.05, 0) is 69.7 Å². The van der Waals surface area contributed by atoms with Crippen LogP contribution in [0.3, 0.4) is 0 Å². The first-order chi connectivity index (χ1) is 16.2. The number of carbonyl (C=O) groups excluding carboxylic acids is 1. The van der Waals surface area contributed by atoms with Gasteiger partial charge in [-0.1, -0.05) is 67.5 Å². The molecule has 0 fully saturated rings. The second kappa shape index (κ2) is 13.6. The van der Waals surface area contributed by atoms with Gasteiger partial charge >= 0.3 is 11.9 Å². The lowest BCUT2D eigenvalue weighted by atomic mass is 9.84. The van der Waals surface area contributed by atoms with Crippen molar-refractivity contribution in [1.29, 1.82) is 0 Å². The summed E-state index contributed by atoms with van der Waals surface area (Å²) < 4.78 is 10.8. The highest BCUT2D eigenvalue weighted by molar-refractivity contribution is 5.81. The van der Waals surface area contributed by atoms with Crippen molar-refractivity contribution in [3.8, 4) is 5.75 Å². The molecule has 34 heavy (non-hydrogen) atoms. The van der Waals surface area contributed by atoms with E-state index in [1.807, 2.05) is 54.6 Å². The lowest BCUT2D eigenvalue weighted by molar-refractivity contribution is -0.166. The molecule has 5 heteroatoms. The monoisotopic (exact) mass is 466 g/mol. The summed E-state index contributed by atoms with van der Waals surface area (Å²) in [6.07, 6.45) is 8.15. The first-order valence-corrected chi connectivity index (χ1v) is 12.0. The van der Waals surface area contributed by atoms with Crippen LogP contribution in [0, 0.1) is 11.8 Å². The number of allylic oxidation sites excluding steroid dienone is 1. The van der Waals surface area contributed by atoms with Crippen molar-refractivity contribution in [1.82, 2.24) is 0 Å². The third-order valence-corrected chi connectivity index (χ3v) is 5.65. The van der Waals surface area contributed by atoms with E-state index in [0.29, 0.717) is 12.8 Å². The number of esters is 1. The number of carbonyl (C=O) groups is 2. The van der Waals surface area contributed by atoms with Crippen molar-refractivity contribution in [3.63, 3.8) is 0 Å².